The number of anilines is 1. The van der Waals surface area contributed by atoms with Crippen LogP contribution >= 0.6 is 11.6 Å². The van der Waals surface area contributed by atoms with Crippen LogP contribution in [-0.4, -0.2) is 42.3 Å². The van der Waals surface area contributed by atoms with Crippen LogP contribution in [0.1, 0.15) is 56.8 Å². The van der Waals surface area contributed by atoms with Gasteiger partial charge in [-0.2, -0.15) is 13.9 Å². The van der Waals surface area contributed by atoms with Crippen LogP contribution in [0, 0.1) is 5.92 Å². The van der Waals surface area contributed by atoms with E-state index in [1.54, 1.807) is 55.6 Å². The number of halogens is 3. The first kappa shape index (κ1) is 30.1. The molecular formula is C31H28ClF2N7O4. The Hall–Kier alpha value is -4.91. The fourth-order valence-electron chi connectivity index (χ4n) is 5.47. The first-order valence-corrected chi connectivity index (χ1v) is 14.7. The number of hydrogen-bond donors (Lipinski definition) is 1. The average Bonchev–Trinajstić information content (AvgIpc) is 3.67. The van der Waals surface area contributed by atoms with Gasteiger partial charge in [-0.05, 0) is 62.2 Å². The Bertz CT molecular complexity index is 1920. The van der Waals surface area contributed by atoms with Gasteiger partial charge >= 0.3 is 12.2 Å². The molecule has 14 heteroatoms. The summed E-state index contributed by atoms with van der Waals surface area (Å²) >= 11 is 6.33. The van der Waals surface area contributed by atoms with Gasteiger partial charge in [0.15, 0.2) is 0 Å². The Balaban J connectivity index is 1.43. The van der Waals surface area contributed by atoms with E-state index in [2.05, 4.69) is 25.7 Å². The summed E-state index contributed by atoms with van der Waals surface area (Å²) < 4.78 is 41.3. The number of carbonyl (C=O) groups excluding carboxylic acids is 1. The van der Waals surface area contributed by atoms with Crippen LogP contribution in [0.15, 0.2) is 70.3 Å². The molecule has 0 radical (unpaired) electrons. The molecule has 0 aliphatic carbocycles. The Labute approximate surface area is 260 Å². The van der Waals surface area contributed by atoms with Crippen LogP contribution in [0.4, 0.5) is 14.5 Å². The number of rotatable bonds is 6. The van der Waals surface area contributed by atoms with Crippen molar-refractivity contribution in [1.82, 2.24) is 29.8 Å². The van der Waals surface area contributed by atoms with Crippen LogP contribution < -0.4 is 15.7 Å². The van der Waals surface area contributed by atoms with E-state index in [0.29, 0.717) is 69.5 Å². The van der Waals surface area contributed by atoms with Crippen LogP contribution in [0.5, 0.6) is 5.88 Å². The van der Waals surface area contributed by atoms with Crippen LogP contribution in [-0.2, 0) is 4.79 Å². The molecule has 1 amide bonds. The number of carbonyl (C=O) groups is 1. The van der Waals surface area contributed by atoms with Gasteiger partial charge in [0, 0.05) is 45.4 Å². The van der Waals surface area contributed by atoms with Gasteiger partial charge in [-0.15, -0.1) is 0 Å². The molecule has 1 aliphatic heterocycles. The van der Waals surface area contributed by atoms with Crippen molar-refractivity contribution in [2.75, 3.05) is 11.9 Å². The third-order valence-electron chi connectivity index (χ3n) is 7.69. The van der Waals surface area contributed by atoms with Crippen molar-refractivity contribution in [3.63, 3.8) is 0 Å². The molecule has 2 bridgehead atoms. The third-order valence-corrected chi connectivity index (χ3v) is 7.93. The zero-order valence-electron chi connectivity index (χ0n) is 24.3. The van der Waals surface area contributed by atoms with Gasteiger partial charge in [-0.25, -0.2) is 14.2 Å². The average molecular weight is 636 g/mol. The SMILES string of the molecule is CCOc1cn(-c2ccc(Cl)cc2-c2ccc(C3CCCC(C)C(=O)Nc4cnn(C(F)F)c4-c4ccnc3c4)c(=O)o2)nn1. The van der Waals surface area contributed by atoms with Gasteiger partial charge in [0.2, 0.25) is 5.91 Å². The highest BCUT2D eigenvalue weighted by Crippen LogP contribution is 2.37. The number of nitrogens with zero attached hydrogens (tertiary/aromatic N) is 6. The normalized spacial score (nSPS) is 16.9. The topological polar surface area (TPSA) is 130 Å². The van der Waals surface area contributed by atoms with Crippen LogP contribution in [0.25, 0.3) is 28.3 Å². The Morgan fingerprint density at radius 2 is 2.00 bits per heavy atom. The van der Waals surface area contributed by atoms with Gasteiger partial charge in [0.1, 0.15) is 5.76 Å². The lowest BCUT2D eigenvalue weighted by atomic mass is 9.88. The van der Waals surface area contributed by atoms with Gasteiger partial charge in [-0.3, -0.25) is 9.78 Å². The predicted octanol–water partition coefficient (Wildman–Crippen LogP) is 6.48. The van der Waals surface area contributed by atoms with Crippen molar-refractivity contribution >= 4 is 23.2 Å². The van der Waals surface area contributed by atoms with Gasteiger partial charge in [-0.1, -0.05) is 35.3 Å². The van der Waals surface area contributed by atoms with Crippen molar-refractivity contribution in [2.45, 2.75) is 45.6 Å². The summed E-state index contributed by atoms with van der Waals surface area (Å²) in [7, 11) is 0. The minimum atomic E-state index is -2.94. The van der Waals surface area contributed by atoms with Crippen LogP contribution in [0.2, 0.25) is 5.02 Å². The predicted molar refractivity (Wildman–Crippen MR) is 162 cm³/mol. The highest BCUT2D eigenvalue weighted by atomic mass is 35.5. The number of amides is 1. The van der Waals surface area contributed by atoms with Crippen molar-refractivity contribution in [3.05, 3.63) is 87.8 Å². The van der Waals surface area contributed by atoms with E-state index in [1.807, 2.05) is 6.92 Å². The molecule has 11 nitrogen and oxygen atoms in total. The van der Waals surface area contributed by atoms with Crippen molar-refractivity contribution in [2.24, 2.45) is 5.92 Å². The van der Waals surface area contributed by atoms with E-state index in [0.717, 1.165) is 0 Å². The largest absolute Gasteiger partial charge is 0.476 e. The fraction of sp³-hybridized carbons (Fsp3) is 0.290. The maximum Gasteiger partial charge on any atom is 0.340 e. The van der Waals surface area contributed by atoms with Crippen LogP contribution in [0.3, 0.4) is 0 Å². The van der Waals surface area contributed by atoms with Crippen molar-refractivity contribution in [3.8, 4) is 34.1 Å². The summed E-state index contributed by atoms with van der Waals surface area (Å²) in [6, 6.07) is 11.6. The molecule has 1 aromatic carbocycles. The summed E-state index contributed by atoms with van der Waals surface area (Å²) in [5.41, 5.74) is 1.89. The highest BCUT2D eigenvalue weighted by molar-refractivity contribution is 6.31. The Morgan fingerprint density at radius 3 is 2.78 bits per heavy atom. The quantitative estimate of drug-likeness (QED) is 0.224. The molecule has 5 aromatic rings. The second kappa shape index (κ2) is 12.6. The summed E-state index contributed by atoms with van der Waals surface area (Å²) in [4.78, 5) is 31.1. The molecule has 45 heavy (non-hydrogen) atoms. The monoisotopic (exact) mass is 635 g/mol. The lowest BCUT2D eigenvalue weighted by Gasteiger charge is -2.20. The molecule has 1 N–H and O–H groups in total. The molecule has 1 aliphatic rings. The van der Waals surface area contributed by atoms with E-state index in [-0.39, 0.29) is 23.0 Å². The third kappa shape index (κ3) is 6.07. The summed E-state index contributed by atoms with van der Waals surface area (Å²) in [6.45, 7) is 1.08. The standard InChI is InChI=1S/C31H28ClF2N7O4/c1-3-44-27-16-40(39-38-27)25-9-7-19(32)14-22(25)26-10-8-21(30(43)45-26)20-6-4-5-17(2)29(42)37-24-15-36-41(31(33)34)28(24)18-11-12-35-23(20)13-18/h7-17,20,31H,3-6H2,1-2H3,(H,37,42). The minimum Gasteiger partial charge on any atom is -0.476 e. The number of ether oxygens (including phenoxy) is 1. The summed E-state index contributed by atoms with van der Waals surface area (Å²) in [5.74, 6) is -0.680. The first-order chi connectivity index (χ1) is 21.7. The molecule has 2 atom stereocenters. The van der Waals surface area contributed by atoms with E-state index < -0.39 is 24.0 Å². The van der Waals surface area contributed by atoms with Gasteiger partial charge < -0.3 is 14.5 Å². The fourth-order valence-corrected chi connectivity index (χ4v) is 5.64. The van der Waals surface area contributed by atoms with Crippen molar-refractivity contribution < 1.29 is 22.7 Å². The lowest BCUT2D eigenvalue weighted by molar-refractivity contribution is -0.119. The molecular weight excluding hydrogens is 608 g/mol. The number of fused-ring (bicyclic) bond motifs is 4. The number of hydrogen-bond acceptors (Lipinski definition) is 8. The zero-order valence-corrected chi connectivity index (χ0v) is 25.0. The van der Waals surface area contributed by atoms with E-state index in [9.17, 15) is 18.4 Å². The molecule has 232 valence electrons. The summed E-state index contributed by atoms with van der Waals surface area (Å²) in [6.07, 6.45) is 5.85. The number of aromatic nitrogens is 6. The maximum atomic E-state index is 13.9. The molecule has 4 aromatic heterocycles. The molecule has 0 spiro atoms. The van der Waals surface area contributed by atoms with Crippen molar-refractivity contribution in [1.29, 1.82) is 0 Å². The van der Waals surface area contributed by atoms with Gasteiger partial charge in [0.25, 0.3) is 5.88 Å². The number of alkyl halides is 2. The molecule has 5 heterocycles. The van der Waals surface area contributed by atoms with E-state index in [4.69, 9.17) is 20.8 Å². The van der Waals surface area contributed by atoms with E-state index >= 15 is 0 Å². The molecule has 0 fully saturated rings. The van der Waals surface area contributed by atoms with Gasteiger partial charge in [0.05, 0.1) is 36.1 Å². The molecule has 0 saturated carbocycles. The molecule has 6 rings (SSSR count). The Kier molecular flexibility index (Phi) is 8.44. The van der Waals surface area contributed by atoms with E-state index in [1.165, 1.54) is 17.1 Å². The maximum absolute atomic E-state index is 13.9. The number of pyridine rings is 1. The molecule has 0 saturated heterocycles. The smallest absolute Gasteiger partial charge is 0.340 e. The number of nitrogens with one attached hydrogen (secondary N) is 1. The second-order valence-electron chi connectivity index (χ2n) is 10.6. The highest BCUT2D eigenvalue weighted by Gasteiger charge is 2.27. The first-order valence-electron chi connectivity index (χ1n) is 14.4. The zero-order chi connectivity index (χ0) is 31.7. The minimum absolute atomic E-state index is 0.0463. The Morgan fingerprint density at radius 1 is 1.16 bits per heavy atom. The molecule has 2 unspecified atom stereocenters. The second-order valence-corrected chi connectivity index (χ2v) is 11.0. The lowest BCUT2D eigenvalue weighted by Crippen LogP contribution is -2.22. The number of benzene rings is 1. The summed E-state index contributed by atoms with van der Waals surface area (Å²) in [5, 5.41) is 15.1.